The number of thioether (sulfide) groups is 1. The van der Waals surface area contributed by atoms with Gasteiger partial charge < -0.3 is 0 Å². The second kappa shape index (κ2) is 10.3. The van der Waals surface area contributed by atoms with Crippen LogP contribution in [0.25, 0.3) is 11.6 Å². The Labute approximate surface area is 168 Å². The Kier molecular flexibility index (Phi) is 6.64. The zero-order chi connectivity index (χ0) is 19.7. The predicted octanol–water partition coefficient (Wildman–Crippen LogP) is 6.97. The molecule has 1 atom stereocenters. The van der Waals surface area contributed by atoms with E-state index in [1.54, 1.807) is 0 Å². The highest BCUT2D eigenvalue weighted by atomic mass is 32.2. The third kappa shape index (κ3) is 6.37. The lowest BCUT2D eigenvalue weighted by Crippen LogP contribution is -1.91. The van der Waals surface area contributed by atoms with Crippen LogP contribution in [0.15, 0.2) is 108 Å². The Morgan fingerprint density at radius 2 is 1.48 bits per heavy atom. The summed E-state index contributed by atoms with van der Waals surface area (Å²) in [6, 6.07) is 30.2. The van der Waals surface area contributed by atoms with Crippen LogP contribution < -0.4 is 0 Å². The molecule has 3 aromatic carbocycles. The topological polar surface area (TPSA) is 0 Å². The Morgan fingerprint density at radius 3 is 2.15 bits per heavy atom. The van der Waals surface area contributed by atoms with E-state index in [0.717, 1.165) is 21.6 Å². The van der Waals surface area contributed by atoms with Gasteiger partial charge in [-0.2, -0.15) is 0 Å². The Balaban J connectivity index is 1.85. The van der Waals surface area contributed by atoms with Crippen LogP contribution in [0.5, 0.6) is 0 Å². The molecule has 0 aliphatic heterocycles. The first-order chi connectivity index (χ1) is 13.6. The summed E-state index contributed by atoms with van der Waals surface area (Å²) in [5.41, 5.74) is 3.09. The Bertz CT molecular complexity index is 992. The Morgan fingerprint density at radius 1 is 0.889 bits per heavy atom. The molecule has 0 heterocycles. The zero-order valence-electron chi connectivity index (χ0n) is 16.3. The van der Waals surface area contributed by atoms with Gasteiger partial charge in [-0.1, -0.05) is 103 Å². The van der Waals surface area contributed by atoms with Gasteiger partial charge in [-0.15, -0.1) is 11.8 Å². The van der Waals surface area contributed by atoms with Gasteiger partial charge >= 0.3 is 0 Å². The van der Waals surface area contributed by atoms with E-state index in [1.165, 1.54) is 11.8 Å². The fraction of sp³-hybridized carbons (Fsp3) is 0.0769. The van der Waals surface area contributed by atoms with Crippen LogP contribution >= 0.6 is 11.8 Å². The molecule has 0 spiro atoms. The summed E-state index contributed by atoms with van der Waals surface area (Å²) < 4.78 is 8.58. The van der Waals surface area contributed by atoms with Gasteiger partial charge in [0.25, 0.3) is 0 Å². The van der Waals surface area contributed by atoms with Crippen LogP contribution in [0.2, 0.25) is 0 Å². The maximum absolute atomic E-state index is 8.58. The molecule has 0 aliphatic rings. The molecule has 27 heavy (non-hydrogen) atoms. The van der Waals surface area contributed by atoms with Crippen LogP contribution in [0.4, 0.5) is 0 Å². The van der Waals surface area contributed by atoms with Crippen molar-refractivity contribution in [3.05, 3.63) is 114 Å². The molecule has 0 nitrogen and oxygen atoms in total. The summed E-state index contributed by atoms with van der Waals surface area (Å²) in [4.78, 5) is 1.04. The van der Waals surface area contributed by atoms with Gasteiger partial charge in [0.1, 0.15) is 0 Å². The minimum Gasteiger partial charge on any atom is -0.110 e. The summed E-state index contributed by atoms with van der Waals surface area (Å²) in [6.07, 6.45) is 6.08. The van der Waals surface area contributed by atoms with Crippen molar-refractivity contribution in [2.24, 2.45) is 0 Å². The highest BCUT2D eigenvalue weighted by molar-refractivity contribution is 8.00. The van der Waals surface area contributed by atoms with Crippen molar-refractivity contribution in [3.8, 4) is 11.8 Å². The summed E-state index contributed by atoms with van der Waals surface area (Å²) in [5.74, 6) is 6.37. The van der Waals surface area contributed by atoms with Gasteiger partial charge in [0.15, 0.2) is 0 Å². The molecule has 1 heteroatoms. The number of hydrogen-bond donors (Lipinski definition) is 0. The number of benzene rings is 3. The SMILES string of the molecule is [2H]C(C)(C#C/C(=C\C=C\c1ccccc1)c1ccccc1)Sc1ccccc1. The molecule has 1 unspecified atom stereocenters. The summed E-state index contributed by atoms with van der Waals surface area (Å²) in [5, 5.41) is -0.932. The average Bonchev–Trinajstić information content (AvgIpc) is 2.72. The fourth-order valence-corrected chi connectivity index (χ4v) is 3.24. The van der Waals surface area contributed by atoms with Crippen molar-refractivity contribution in [3.63, 3.8) is 0 Å². The predicted molar refractivity (Wildman–Crippen MR) is 119 cm³/mol. The molecular weight excluding hydrogens is 344 g/mol. The van der Waals surface area contributed by atoms with Crippen molar-refractivity contribution in [1.82, 2.24) is 0 Å². The van der Waals surface area contributed by atoms with E-state index in [9.17, 15) is 0 Å². The normalized spacial score (nSPS) is 14.1. The van der Waals surface area contributed by atoms with Gasteiger partial charge in [0.05, 0.1) is 6.60 Å². The highest BCUT2D eigenvalue weighted by Crippen LogP contribution is 2.22. The van der Waals surface area contributed by atoms with E-state index in [0.29, 0.717) is 0 Å². The van der Waals surface area contributed by atoms with E-state index >= 15 is 0 Å². The van der Waals surface area contributed by atoms with Crippen LogP contribution in [0.1, 0.15) is 19.4 Å². The van der Waals surface area contributed by atoms with E-state index in [2.05, 4.69) is 30.0 Å². The van der Waals surface area contributed by atoms with Gasteiger partial charge in [-0.3, -0.25) is 0 Å². The Hall–Kier alpha value is -2.95. The number of hydrogen-bond acceptors (Lipinski definition) is 1. The monoisotopic (exact) mass is 367 g/mol. The molecule has 0 bridgehead atoms. The molecule has 0 aromatic heterocycles. The van der Waals surface area contributed by atoms with Crippen molar-refractivity contribution >= 4 is 23.4 Å². The van der Waals surface area contributed by atoms with E-state index < -0.39 is 5.23 Å². The van der Waals surface area contributed by atoms with Gasteiger partial charge in [0.2, 0.25) is 0 Å². The van der Waals surface area contributed by atoms with Gasteiger partial charge in [-0.25, -0.2) is 0 Å². The van der Waals surface area contributed by atoms with Gasteiger partial charge in [0, 0.05) is 10.5 Å². The third-order valence-electron chi connectivity index (χ3n) is 3.82. The first kappa shape index (κ1) is 17.5. The molecule has 0 aliphatic carbocycles. The minimum absolute atomic E-state index is 0.903. The van der Waals surface area contributed by atoms with Gasteiger partial charge in [-0.05, 0) is 36.3 Å². The van der Waals surface area contributed by atoms with E-state index in [1.807, 2.05) is 97.9 Å². The number of allylic oxidation sites excluding steroid dienone is 3. The highest BCUT2D eigenvalue weighted by Gasteiger charge is 2.01. The maximum atomic E-state index is 8.58. The fourth-order valence-electron chi connectivity index (χ4n) is 2.49. The lowest BCUT2D eigenvalue weighted by molar-refractivity contribution is 1.28. The van der Waals surface area contributed by atoms with Crippen LogP contribution in [0.3, 0.4) is 0 Å². The maximum Gasteiger partial charge on any atom is 0.0679 e. The van der Waals surface area contributed by atoms with Crippen LogP contribution in [-0.2, 0) is 0 Å². The molecule has 3 rings (SSSR count). The molecule has 3 aromatic rings. The van der Waals surface area contributed by atoms with Crippen LogP contribution in [0, 0.1) is 11.8 Å². The lowest BCUT2D eigenvalue weighted by Gasteiger charge is -2.04. The first-order valence-corrected chi connectivity index (χ1v) is 9.70. The quantitative estimate of drug-likeness (QED) is 0.267. The first-order valence-electron chi connectivity index (χ1n) is 9.38. The van der Waals surface area contributed by atoms with E-state index in [4.69, 9.17) is 1.37 Å². The molecule has 132 valence electrons. The van der Waals surface area contributed by atoms with Crippen molar-refractivity contribution in [2.75, 3.05) is 0 Å². The molecular formula is C26H22S. The zero-order valence-corrected chi connectivity index (χ0v) is 16.1. The smallest absolute Gasteiger partial charge is 0.0679 e. The van der Waals surface area contributed by atoms with Crippen molar-refractivity contribution < 1.29 is 1.37 Å². The largest absolute Gasteiger partial charge is 0.110 e. The average molecular weight is 368 g/mol. The molecule has 0 amide bonds. The third-order valence-corrected chi connectivity index (χ3v) is 4.74. The number of rotatable bonds is 5. The summed E-state index contributed by atoms with van der Waals surface area (Å²) in [7, 11) is 0. The second-order valence-electron chi connectivity index (χ2n) is 5.94. The van der Waals surface area contributed by atoms with Crippen molar-refractivity contribution in [1.29, 1.82) is 0 Å². The minimum atomic E-state index is -0.932. The van der Waals surface area contributed by atoms with Crippen molar-refractivity contribution in [2.45, 2.75) is 17.0 Å². The standard InChI is InChI=1S/C26H22S/c1-22(27-26-18-9-4-10-19-26)20-21-25(24-15-7-3-8-16-24)17-11-14-23-12-5-2-6-13-23/h2-19,22H,1H3/b14-11+,25-17+/i22D. The van der Waals surface area contributed by atoms with Crippen LogP contribution in [-0.4, -0.2) is 5.23 Å². The molecule has 0 N–H and O–H groups in total. The molecule has 0 fully saturated rings. The second-order valence-corrected chi connectivity index (χ2v) is 7.23. The van der Waals surface area contributed by atoms with E-state index in [-0.39, 0.29) is 0 Å². The summed E-state index contributed by atoms with van der Waals surface area (Å²) in [6.45, 7) is 1.83. The molecule has 0 radical (unpaired) electrons. The lowest BCUT2D eigenvalue weighted by atomic mass is 10.1. The molecule has 0 saturated carbocycles. The summed E-state index contributed by atoms with van der Waals surface area (Å²) >= 11 is 1.45. The molecule has 0 saturated heterocycles.